The molecule has 5 nitrogen and oxygen atoms in total. The van der Waals surface area contributed by atoms with Gasteiger partial charge in [-0.05, 0) is 33.3 Å². The lowest BCUT2D eigenvalue weighted by Crippen LogP contribution is -2.31. The predicted octanol–water partition coefficient (Wildman–Crippen LogP) is 2.58. The SMILES string of the molecule is COC(C)(C)CC(C)Nc1ccnc2c1cnn2C. The molecule has 2 rings (SSSR count). The van der Waals surface area contributed by atoms with Crippen molar-refractivity contribution in [2.75, 3.05) is 12.4 Å². The zero-order valence-corrected chi connectivity index (χ0v) is 12.3. The Morgan fingerprint density at radius 1 is 1.47 bits per heavy atom. The number of pyridine rings is 1. The van der Waals surface area contributed by atoms with Crippen molar-refractivity contribution in [3.63, 3.8) is 0 Å². The highest BCUT2D eigenvalue weighted by Crippen LogP contribution is 2.23. The summed E-state index contributed by atoms with van der Waals surface area (Å²) in [6.07, 6.45) is 4.58. The van der Waals surface area contributed by atoms with Crippen molar-refractivity contribution in [2.45, 2.75) is 38.8 Å². The summed E-state index contributed by atoms with van der Waals surface area (Å²) in [5.41, 5.74) is 1.83. The van der Waals surface area contributed by atoms with Gasteiger partial charge in [-0.1, -0.05) is 0 Å². The molecule has 0 fully saturated rings. The molecule has 104 valence electrons. The van der Waals surface area contributed by atoms with E-state index in [9.17, 15) is 0 Å². The predicted molar refractivity (Wildman–Crippen MR) is 77.3 cm³/mol. The third kappa shape index (κ3) is 3.04. The number of hydrogen-bond donors (Lipinski definition) is 1. The molecule has 2 aromatic heterocycles. The van der Waals surface area contributed by atoms with Gasteiger partial charge in [0.2, 0.25) is 0 Å². The Morgan fingerprint density at radius 3 is 2.89 bits per heavy atom. The number of rotatable bonds is 5. The Hall–Kier alpha value is -1.62. The molecule has 2 heterocycles. The maximum absolute atomic E-state index is 5.47. The van der Waals surface area contributed by atoms with E-state index in [0.29, 0.717) is 6.04 Å². The minimum absolute atomic E-state index is 0.131. The smallest absolute Gasteiger partial charge is 0.159 e. The molecule has 2 aromatic rings. The van der Waals surface area contributed by atoms with Crippen molar-refractivity contribution in [1.82, 2.24) is 14.8 Å². The number of hydrogen-bond acceptors (Lipinski definition) is 4. The normalized spacial score (nSPS) is 13.7. The second-order valence-electron chi connectivity index (χ2n) is 5.58. The Kier molecular flexibility index (Phi) is 3.75. The summed E-state index contributed by atoms with van der Waals surface area (Å²) < 4.78 is 7.25. The molecule has 0 saturated carbocycles. The number of nitrogens with one attached hydrogen (secondary N) is 1. The van der Waals surface area contributed by atoms with Gasteiger partial charge in [0.25, 0.3) is 0 Å². The van der Waals surface area contributed by atoms with Gasteiger partial charge in [0.05, 0.1) is 17.2 Å². The number of anilines is 1. The molecule has 0 aliphatic heterocycles. The van der Waals surface area contributed by atoms with Crippen LogP contribution in [0, 0.1) is 0 Å². The van der Waals surface area contributed by atoms with Crippen LogP contribution in [0.1, 0.15) is 27.2 Å². The fourth-order valence-electron chi connectivity index (χ4n) is 2.31. The number of fused-ring (bicyclic) bond motifs is 1. The van der Waals surface area contributed by atoms with Crippen molar-refractivity contribution in [2.24, 2.45) is 7.05 Å². The van der Waals surface area contributed by atoms with Crippen molar-refractivity contribution in [3.05, 3.63) is 18.5 Å². The molecule has 0 aliphatic carbocycles. The summed E-state index contributed by atoms with van der Waals surface area (Å²) in [6, 6.07) is 2.29. The van der Waals surface area contributed by atoms with Gasteiger partial charge in [0.15, 0.2) is 5.65 Å². The molecule has 1 unspecified atom stereocenters. The van der Waals surface area contributed by atoms with E-state index < -0.39 is 0 Å². The van der Waals surface area contributed by atoms with Gasteiger partial charge in [-0.3, -0.25) is 4.68 Å². The van der Waals surface area contributed by atoms with E-state index in [2.05, 4.69) is 36.2 Å². The van der Waals surface area contributed by atoms with Crippen LogP contribution in [-0.4, -0.2) is 33.5 Å². The molecule has 19 heavy (non-hydrogen) atoms. The molecule has 1 atom stereocenters. The van der Waals surface area contributed by atoms with Gasteiger partial charge in [-0.2, -0.15) is 5.10 Å². The monoisotopic (exact) mass is 262 g/mol. The molecule has 0 bridgehead atoms. The third-order valence-corrected chi connectivity index (χ3v) is 3.39. The van der Waals surface area contributed by atoms with Crippen LogP contribution in [0.5, 0.6) is 0 Å². The second-order valence-corrected chi connectivity index (χ2v) is 5.58. The quantitative estimate of drug-likeness (QED) is 0.900. The highest BCUT2D eigenvalue weighted by Gasteiger charge is 2.20. The summed E-state index contributed by atoms with van der Waals surface area (Å²) >= 11 is 0. The van der Waals surface area contributed by atoms with E-state index in [4.69, 9.17) is 4.74 Å². The minimum Gasteiger partial charge on any atom is -0.382 e. The Morgan fingerprint density at radius 2 is 2.21 bits per heavy atom. The summed E-state index contributed by atoms with van der Waals surface area (Å²) in [5, 5.41) is 8.81. The molecule has 0 aliphatic rings. The summed E-state index contributed by atoms with van der Waals surface area (Å²) in [5.74, 6) is 0. The highest BCUT2D eigenvalue weighted by atomic mass is 16.5. The van der Waals surface area contributed by atoms with Crippen LogP contribution in [0.25, 0.3) is 11.0 Å². The first-order valence-electron chi connectivity index (χ1n) is 6.51. The van der Waals surface area contributed by atoms with E-state index in [1.807, 2.05) is 19.3 Å². The van der Waals surface area contributed by atoms with Crippen LogP contribution in [0.3, 0.4) is 0 Å². The summed E-state index contributed by atoms with van der Waals surface area (Å²) in [6.45, 7) is 6.35. The topological polar surface area (TPSA) is 52.0 Å². The standard InChI is InChI=1S/C14H22N4O/c1-10(8-14(2,3)19-5)17-12-6-7-15-13-11(12)9-16-18(13)4/h6-7,9-10H,8H2,1-5H3,(H,15,17). The maximum Gasteiger partial charge on any atom is 0.159 e. The van der Waals surface area contributed by atoms with Crippen LogP contribution < -0.4 is 5.32 Å². The van der Waals surface area contributed by atoms with Crippen LogP contribution in [0.15, 0.2) is 18.5 Å². The van der Waals surface area contributed by atoms with Gasteiger partial charge in [0, 0.05) is 32.1 Å². The van der Waals surface area contributed by atoms with Crippen molar-refractivity contribution >= 4 is 16.7 Å². The number of ether oxygens (including phenoxy) is 1. The van der Waals surface area contributed by atoms with Crippen LogP contribution in [-0.2, 0) is 11.8 Å². The minimum atomic E-state index is -0.131. The van der Waals surface area contributed by atoms with Crippen LogP contribution >= 0.6 is 0 Å². The summed E-state index contributed by atoms with van der Waals surface area (Å²) in [7, 11) is 3.65. The lowest BCUT2D eigenvalue weighted by Gasteiger charge is -2.27. The van der Waals surface area contributed by atoms with Gasteiger partial charge in [-0.25, -0.2) is 4.98 Å². The fourth-order valence-corrected chi connectivity index (χ4v) is 2.31. The van der Waals surface area contributed by atoms with E-state index >= 15 is 0 Å². The number of methoxy groups -OCH3 is 1. The van der Waals surface area contributed by atoms with Gasteiger partial charge >= 0.3 is 0 Å². The van der Waals surface area contributed by atoms with Gasteiger partial charge < -0.3 is 10.1 Å². The van der Waals surface area contributed by atoms with Crippen molar-refractivity contribution in [3.8, 4) is 0 Å². The first-order chi connectivity index (χ1) is 8.93. The van der Waals surface area contributed by atoms with Crippen molar-refractivity contribution in [1.29, 1.82) is 0 Å². The molecule has 0 aromatic carbocycles. The van der Waals surface area contributed by atoms with E-state index in [-0.39, 0.29) is 5.60 Å². The first-order valence-corrected chi connectivity index (χ1v) is 6.51. The van der Waals surface area contributed by atoms with E-state index in [1.54, 1.807) is 18.0 Å². The molecule has 0 saturated heterocycles. The molecule has 0 amide bonds. The maximum atomic E-state index is 5.47. The third-order valence-electron chi connectivity index (χ3n) is 3.39. The molecule has 0 spiro atoms. The lowest BCUT2D eigenvalue weighted by atomic mass is 9.99. The number of aromatic nitrogens is 3. The Bertz CT molecular complexity index is 562. The van der Waals surface area contributed by atoms with E-state index in [0.717, 1.165) is 23.1 Å². The van der Waals surface area contributed by atoms with Gasteiger partial charge in [0.1, 0.15) is 0 Å². The first kappa shape index (κ1) is 13.8. The van der Waals surface area contributed by atoms with Crippen LogP contribution in [0.2, 0.25) is 0 Å². The Labute approximate surface area is 114 Å². The van der Waals surface area contributed by atoms with E-state index in [1.165, 1.54) is 0 Å². The largest absolute Gasteiger partial charge is 0.382 e. The highest BCUT2D eigenvalue weighted by molar-refractivity contribution is 5.88. The number of nitrogens with zero attached hydrogens (tertiary/aromatic N) is 3. The lowest BCUT2D eigenvalue weighted by molar-refractivity contribution is 0.0128. The Balaban J connectivity index is 2.17. The van der Waals surface area contributed by atoms with Crippen LogP contribution in [0.4, 0.5) is 5.69 Å². The van der Waals surface area contributed by atoms with Crippen molar-refractivity contribution < 1.29 is 4.74 Å². The fraction of sp³-hybridized carbons (Fsp3) is 0.571. The molecular formula is C14H22N4O. The average Bonchev–Trinajstić information content (AvgIpc) is 2.72. The molecule has 5 heteroatoms. The molecular weight excluding hydrogens is 240 g/mol. The molecule has 0 radical (unpaired) electrons. The number of aryl methyl sites for hydroxylation is 1. The summed E-state index contributed by atoms with van der Waals surface area (Å²) in [4.78, 5) is 4.34. The zero-order valence-electron chi connectivity index (χ0n) is 12.3. The molecule has 1 N–H and O–H groups in total. The second kappa shape index (κ2) is 5.17. The van der Waals surface area contributed by atoms with Gasteiger partial charge in [-0.15, -0.1) is 0 Å². The average molecular weight is 262 g/mol. The zero-order chi connectivity index (χ0) is 14.0.